The summed E-state index contributed by atoms with van der Waals surface area (Å²) in [5.41, 5.74) is 4.31. The second-order valence-corrected chi connectivity index (χ2v) is 5.97. The van der Waals surface area contributed by atoms with E-state index >= 15 is 0 Å². The number of hydrogen-bond acceptors (Lipinski definition) is 7. The highest BCUT2D eigenvalue weighted by Gasteiger charge is 2.26. The first kappa shape index (κ1) is 12.8. The van der Waals surface area contributed by atoms with Crippen LogP contribution in [0.2, 0.25) is 0 Å². The van der Waals surface area contributed by atoms with Crippen LogP contribution in [0.1, 0.15) is 20.2 Å². The van der Waals surface area contributed by atoms with Crippen LogP contribution in [-0.4, -0.2) is 44.9 Å². The second kappa shape index (κ2) is 6.10. The highest BCUT2D eigenvalue weighted by atomic mass is 16.1. The van der Waals surface area contributed by atoms with Crippen molar-refractivity contribution in [3.63, 3.8) is 0 Å². The molecule has 3 aromatic rings. The zero-order valence-corrected chi connectivity index (χ0v) is 14.2. The van der Waals surface area contributed by atoms with Crippen molar-refractivity contribution in [2.24, 2.45) is 7.05 Å². The van der Waals surface area contributed by atoms with Crippen LogP contribution < -0.4 is 15.5 Å². The van der Waals surface area contributed by atoms with Gasteiger partial charge in [-0.05, 0) is 6.07 Å². The molecule has 9 nitrogen and oxygen atoms in total. The number of anilines is 3. The molecule has 1 aromatic carbocycles. The molecule has 2 aromatic heterocycles. The number of nitrogens with one attached hydrogen (secondary N) is 2. The first-order chi connectivity index (χ1) is 13.7. The van der Waals surface area contributed by atoms with Crippen LogP contribution in [0.25, 0.3) is 11.3 Å². The first-order valence-electron chi connectivity index (χ1n) is 9.37. The zero-order chi connectivity index (χ0) is 20.8. The summed E-state index contributed by atoms with van der Waals surface area (Å²) in [5, 5.41) is 16.9. The zero-order valence-electron chi connectivity index (χ0n) is 17.2. The van der Waals surface area contributed by atoms with Crippen molar-refractivity contribution in [3.05, 3.63) is 42.0 Å². The lowest BCUT2D eigenvalue weighted by molar-refractivity contribution is 0.0957. The Morgan fingerprint density at radius 3 is 3.08 bits per heavy atom. The van der Waals surface area contributed by atoms with Gasteiger partial charge in [0.2, 0.25) is 0 Å². The third kappa shape index (κ3) is 2.53. The van der Waals surface area contributed by atoms with Crippen LogP contribution in [0.3, 0.4) is 0 Å². The normalized spacial score (nSPS) is 14.5. The standard InChI is InChI=1S/C17H18N8O/c1-18-17(26)14-16(19-9-20-22-14)21-12-6-4-5-11-13-10(8-25(3)23-13)7-24(2)15(11)12/h4-6,8-9H,7H2,1-3H3,(H,18,26)(H,19,20,21)/i1D3. The molecule has 0 aliphatic carbocycles. The summed E-state index contributed by atoms with van der Waals surface area (Å²) in [6.07, 6.45) is 3.17. The van der Waals surface area contributed by atoms with Crippen LogP contribution in [0.5, 0.6) is 0 Å². The number of benzene rings is 1. The van der Waals surface area contributed by atoms with Gasteiger partial charge in [-0.3, -0.25) is 9.48 Å². The molecule has 2 N–H and O–H groups in total. The van der Waals surface area contributed by atoms with Crippen molar-refractivity contribution < 1.29 is 8.91 Å². The molecule has 0 radical (unpaired) electrons. The number of fused-ring (bicyclic) bond motifs is 3. The minimum Gasteiger partial charge on any atom is -0.368 e. The summed E-state index contributed by atoms with van der Waals surface area (Å²) in [6, 6.07) is 5.69. The van der Waals surface area contributed by atoms with E-state index in [9.17, 15) is 4.79 Å². The minimum absolute atomic E-state index is 0.107. The highest BCUT2D eigenvalue weighted by Crippen LogP contribution is 2.42. The quantitative estimate of drug-likeness (QED) is 0.732. The van der Waals surface area contributed by atoms with Crippen molar-refractivity contribution in [1.29, 1.82) is 0 Å². The number of hydrogen-bond donors (Lipinski definition) is 2. The predicted molar refractivity (Wildman–Crippen MR) is 97.3 cm³/mol. The van der Waals surface area contributed by atoms with Crippen LogP contribution in [-0.2, 0) is 13.6 Å². The van der Waals surface area contributed by atoms with Crippen molar-refractivity contribution in [2.45, 2.75) is 6.54 Å². The molecule has 0 bridgehead atoms. The Morgan fingerprint density at radius 2 is 2.23 bits per heavy atom. The van der Waals surface area contributed by atoms with Crippen molar-refractivity contribution >= 4 is 23.1 Å². The van der Waals surface area contributed by atoms with Gasteiger partial charge in [-0.15, -0.1) is 10.2 Å². The number of para-hydroxylation sites is 1. The fourth-order valence-electron chi connectivity index (χ4n) is 3.17. The molecule has 1 aliphatic heterocycles. The summed E-state index contributed by atoms with van der Waals surface area (Å²) in [5.74, 6) is -0.784. The van der Waals surface area contributed by atoms with Gasteiger partial charge in [-0.25, -0.2) is 4.98 Å². The number of nitrogens with zero attached hydrogens (tertiary/aromatic N) is 6. The Hall–Kier alpha value is -3.49. The molecule has 1 aliphatic rings. The first-order valence-corrected chi connectivity index (χ1v) is 7.87. The van der Waals surface area contributed by atoms with Gasteiger partial charge in [-0.1, -0.05) is 12.1 Å². The van der Waals surface area contributed by atoms with Crippen LogP contribution in [0.15, 0.2) is 30.7 Å². The molecule has 3 heterocycles. The summed E-state index contributed by atoms with van der Waals surface area (Å²) in [4.78, 5) is 18.5. The van der Waals surface area contributed by atoms with E-state index in [2.05, 4.69) is 30.5 Å². The Kier molecular flexibility index (Phi) is 3.01. The lowest BCUT2D eigenvalue weighted by Crippen LogP contribution is -2.24. The molecule has 26 heavy (non-hydrogen) atoms. The predicted octanol–water partition coefficient (Wildman–Crippen LogP) is 1.33. The van der Waals surface area contributed by atoms with E-state index in [1.807, 2.05) is 43.8 Å². The average Bonchev–Trinajstić information content (AvgIpc) is 3.01. The van der Waals surface area contributed by atoms with E-state index in [0.29, 0.717) is 12.2 Å². The lowest BCUT2D eigenvalue weighted by Gasteiger charge is -2.29. The van der Waals surface area contributed by atoms with Gasteiger partial charge in [0.05, 0.1) is 17.1 Å². The second-order valence-electron chi connectivity index (χ2n) is 5.97. The molecule has 4 rings (SSSR count). The smallest absolute Gasteiger partial charge is 0.275 e. The molecule has 0 saturated heterocycles. The molecule has 1 amide bonds. The summed E-state index contributed by atoms with van der Waals surface area (Å²) < 4.78 is 23.4. The van der Waals surface area contributed by atoms with E-state index < -0.39 is 12.9 Å². The van der Waals surface area contributed by atoms with Gasteiger partial charge in [0.15, 0.2) is 11.5 Å². The van der Waals surface area contributed by atoms with E-state index in [1.165, 1.54) is 6.33 Å². The SMILES string of the molecule is [2H]C([2H])([2H])NC(=O)c1nncnc1Nc1cccc2c1N(C)Cc1cn(C)nc1-2. The van der Waals surface area contributed by atoms with Gasteiger partial charge in [0, 0.05) is 49.1 Å². The maximum Gasteiger partial charge on any atom is 0.275 e. The molecular weight excluding hydrogens is 332 g/mol. The van der Waals surface area contributed by atoms with Crippen molar-refractivity contribution in [2.75, 3.05) is 24.2 Å². The Bertz CT molecular complexity index is 1090. The third-order valence-corrected chi connectivity index (χ3v) is 4.19. The highest BCUT2D eigenvalue weighted by molar-refractivity contribution is 5.98. The van der Waals surface area contributed by atoms with E-state index in [1.54, 1.807) is 4.68 Å². The number of rotatable bonds is 3. The van der Waals surface area contributed by atoms with E-state index in [4.69, 9.17) is 4.11 Å². The lowest BCUT2D eigenvalue weighted by atomic mass is 9.99. The molecule has 0 spiro atoms. The van der Waals surface area contributed by atoms with E-state index in [0.717, 1.165) is 22.5 Å². The molecule has 0 saturated carbocycles. The number of amides is 1. The fourth-order valence-corrected chi connectivity index (χ4v) is 3.17. The molecule has 9 heteroatoms. The minimum atomic E-state index is -2.65. The number of aromatic nitrogens is 5. The third-order valence-electron chi connectivity index (χ3n) is 4.19. The Labute approximate surface area is 154 Å². The van der Waals surface area contributed by atoms with Crippen LogP contribution in [0, 0.1) is 0 Å². The number of aryl methyl sites for hydroxylation is 1. The monoisotopic (exact) mass is 353 g/mol. The van der Waals surface area contributed by atoms with Gasteiger partial charge in [-0.2, -0.15) is 5.10 Å². The van der Waals surface area contributed by atoms with Crippen molar-refractivity contribution in [3.8, 4) is 11.3 Å². The van der Waals surface area contributed by atoms with Gasteiger partial charge < -0.3 is 15.5 Å². The fraction of sp³-hybridized carbons (Fsp3) is 0.235. The van der Waals surface area contributed by atoms with Gasteiger partial charge in [0.25, 0.3) is 5.91 Å². The van der Waals surface area contributed by atoms with E-state index in [-0.39, 0.29) is 11.5 Å². The number of carbonyl (C=O) groups is 1. The summed E-state index contributed by atoms with van der Waals surface area (Å²) >= 11 is 0. The Balaban J connectivity index is 1.74. The molecular formula is C17H18N8O. The van der Waals surface area contributed by atoms with Crippen molar-refractivity contribution in [1.82, 2.24) is 30.3 Å². The molecule has 132 valence electrons. The topological polar surface area (TPSA) is 101 Å². The molecule has 0 unspecified atom stereocenters. The summed E-state index contributed by atoms with van der Waals surface area (Å²) in [6.45, 7) is -1.98. The maximum atomic E-state index is 12.3. The molecule has 0 atom stereocenters. The summed E-state index contributed by atoms with van der Waals surface area (Å²) in [7, 11) is 3.84. The van der Waals surface area contributed by atoms with Crippen LogP contribution in [0.4, 0.5) is 17.2 Å². The largest absolute Gasteiger partial charge is 0.368 e. The average molecular weight is 353 g/mol. The van der Waals surface area contributed by atoms with Crippen LogP contribution >= 0.6 is 0 Å². The number of carbonyl (C=O) groups excluding carboxylic acids is 1. The maximum absolute atomic E-state index is 12.3. The van der Waals surface area contributed by atoms with Gasteiger partial charge in [0.1, 0.15) is 6.33 Å². The molecule has 0 fully saturated rings. The van der Waals surface area contributed by atoms with Gasteiger partial charge >= 0.3 is 0 Å². The Morgan fingerprint density at radius 1 is 1.35 bits per heavy atom.